The molecule has 0 bridgehead atoms. The van der Waals surface area contributed by atoms with Gasteiger partial charge in [0.15, 0.2) is 5.82 Å². The number of aromatic nitrogens is 3. The van der Waals surface area contributed by atoms with Crippen molar-refractivity contribution < 1.29 is 4.74 Å². The topological polar surface area (TPSA) is 47.9 Å². The Bertz CT molecular complexity index is 2850. The Hall–Kier alpha value is -6.43. The highest BCUT2D eigenvalue weighted by molar-refractivity contribution is 7.26. The number of pyridine rings is 1. The second-order valence-corrected chi connectivity index (χ2v) is 14.2. The van der Waals surface area contributed by atoms with E-state index in [4.69, 9.17) is 14.7 Å². The molecule has 0 saturated heterocycles. The Labute approximate surface area is 298 Å². The summed E-state index contributed by atoms with van der Waals surface area (Å²) in [4.78, 5) is 14.8. The monoisotopic (exact) mass is 669 g/mol. The van der Waals surface area contributed by atoms with Gasteiger partial charge in [-0.3, -0.25) is 4.98 Å². The molecule has 1 atom stereocenters. The highest BCUT2D eigenvalue weighted by Gasteiger charge is 2.51. The highest BCUT2D eigenvalue weighted by atomic mass is 32.1. The summed E-state index contributed by atoms with van der Waals surface area (Å²) in [5.74, 6) is 2.43. The second-order valence-electron chi connectivity index (χ2n) is 13.1. The van der Waals surface area contributed by atoms with E-state index in [2.05, 4.69) is 145 Å². The Morgan fingerprint density at radius 3 is 2.14 bits per heavy atom. The molecule has 5 heteroatoms. The molecule has 3 aromatic heterocycles. The van der Waals surface area contributed by atoms with Crippen LogP contribution in [0.15, 0.2) is 164 Å². The van der Waals surface area contributed by atoms with Crippen LogP contribution >= 0.6 is 11.3 Å². The van der Waals surface area contributed by atoms with Crippen molar-refractivity contribution in [3.63, 3.8) is 0 Å². The molecule has 1 unspecified atom stereocenters. The first-order valence-electron chi connectivity index (χ1n) is 17.1. The SMILES string of the molecule is c1ccc(-c2ccc3c(c2)Oc2ccccc2C32c3ccccc3-c3cc(-c4nc(-c5cccnc5)nc5c4sc4ccccc45)ccc32)cc1. The van der Waals surface area contributed by atoms with Crippen molar-refractivity contribution >= 4 is 31.6 Å². The maximum Gasteiger partial charge on any atom is 0.162 e. The van der Waals surface area contributed by atoms with Crippen LogP contribution in [0.1, 0.15) is 22.3 Å². The summed E-state index contributed by atoms with van der Waals surface area (Å²) in [6.45, 7) is 0. The van der Waals surface area contributed by atoms with Crippen LogP contribution in [0, 0.1) is 0 Å². The third kappa shape index (κ3) is 4.04. The molecule has 238 valence electrons. The molecule has 4 nitrogen and oxygen atoms in total. The lowest BCUT2D eigenvalue weighted by molar-refractivity contribution is 0.436. The van der Waals surface area contributed by atoms with Gasteiger partial charge in [-0.15, -0.1) is 11.3 Å². The van der Waals surface area contributed by atoms with Gasteiger partial charge in [0.1, 0.15) is 11.5 Å². The molecule has 0 saturated carbocycles. The van der Waals surface area contributed by atoms with E-state index in [1.165, 1.54) is 27.0 Å². The van der Waals surface area contributed by atoms with Crippen LogP contribution in [0.2, 0.25) is 0 Å². The maximum atomic E-state index is 6.76. The molecule has 0 N–H and O–H groups in total. The van der Waals surface area contributed by atoms with Crippen molar-refractivity contribution in [2.45, 2.75) is 5.41 Å². The van der Waals surface area contributed by atoms with Gasteiger partial charge in [-0.25, -0.2) is 9.97 Å². The molecule has 0 amide bonds. The highest BCUT2D eigenvalue weighted by Crippen LogP contribution is 2.62. The van der Waals surface area contributed by atoms with Gasteiger partial charge in [0, 0.05) is 44.7 Å². The van der Waals surface area contributed by atoms with Crippen molar-refractivity contribution in [3.8, 4) is 56.4 Å². The molecule has 9 aromatic rings. The van der Waals surface area contributed by atoms with E-state index in [0.717, 1.165) is 66.2 Å². The molecule has 0 radical (unpaired) electrons. The van der Waals surface area contributed by atoms with E-state index in [-0.39, 0.29) is 0 Å². The van der Waals surface area contributed by atoms with Gasteiger partial charge < -0.3 is 4.74 Å². The van der Waals surface area contributed by atoms with E-state index >= 15 is 0 Å². The zero-order valence-corrected chi connectivity index (χ0v) is 28.1. The lowest BCUT2D eigenvalue weighted by Gasteiger charge is -2.39. The average molecular weight is 670 g/mol. The molecular weight excluding hydrogens is 643 g/mol. The van der Waals surface area contributed by atoms with Crippen molar-refractivity contribution in [3.05, 3.63) is 186 Å². The number of nitrogens with zero attached hydrogens (tertiary/aromatic N) is 3. The third-order valence-electron chi connectivity index (χ3n) is 10.5. The predicted octanol–water partition coefficient (Wildman–Crippen LogP) is 11.7. The smallest absolute Gasteiger partial charge is 0.162 e. The minimum Gasteiger partial charge on any atom is -0.457 e. The first-order valence-corrected chi connectivity index (χ1v) is 17.9. The van der Waals surface area contributed by atoms with Gasteiger partial charge in [-0.2, -0.15) is 0 Å². The average Bonchev–Trinajstić information content (AvgIpc) is 3.72. The largest absolute Gasteiger partial charge is 0.457 e. The Kier molecular flexibility index (Phi) is 6.01. The molecule has 1 spiro atoms. The molecule has 2 aliphatic rings. The van der Waals surface area contributed by atoms with E-state index in [1.54, 1.807) is 17.5 Å². The Balaban J connectivity index is 1.18. The zero-order valence-electron chi connectivity index (χ0n) is 27.2. The van der Waals surface area contributed by atoms with Gasteiger partial charge in [-0.05, 0) is 69.8 Å². The van der Waals surface area contributed by atoms with Crippen molar-refractivity contribution in [2.75, 3.05) is 0 Å². The summed E-state index contributed by atoms with van der Waals surface area (Å²) in [6, 6.07) is 54.0. The summed E-state index contributed by atoms with van der Waals surface area (Å²) in [5, 5.41) is 1.14. The van der Waals surface area contributed by atoms with Crippen LogP contribution in [-0.4, -0.2) is 15.0 Å². The van der Waals surface area contributed by atoms with Crippen LogP contribution in [0.5, 0.6) is 11.5 Å². The van der Waals surface area contributed by atoms with E-state index < -0.39 is 5.41 Å². The quantitative estimate of drug-likeness (QED) is 0.188. The number of benzene rings is 6. The minimum absolute atomic E-state index is 0.552. The van der Waals surface area contributed by atoms with Gasteiger partial charge in [0.05, 0.1) is 21.3 Å². The van der Waals surface area contributed by atoms with Gasteiger partial charge >= 0.3 is 0 Å². The van der Waals surface area contributed by atoms with Crippen LogP contribution in [0.3, 0.4) is 0 Å². The van der Waals surface area contributed by atoms with Crippen LogP contribution in [0.25, 0.3) is 65.2 Å². The number of thiophene rings is 1. The van der Waals surface area contributed by atoms with Crippen molar-refractivity contribution in [1.29, 1.82) is 0 Å². The van der Waals surface area contributed by atoms with Crippen LogP contribution in [-0.2, 0) is 5.41 Å². The van der Waals surface area contributed by atoms with E-state index in [1.807, 2.05) is 18.3 Å². The second kappa shape index (κ2) is 10.8. The van der Waals surface area contributed by atoms with E-state index in [0.29, 0.717) is 5.82 Å². The zero-order chi connectivity index (χ0) is 33.5. The van der Waals surface area contributed by atoms with Gasteiger partial charge in [-0.1, -0.05) is 115 Å². The van der Waals surface area contributed by atoms with Crippen molar-refractivity contribution in [2.24, 2.45) is 0 Å². The summed E-state index contributed by atoms with van der Waals surface area (Å²) >= 11 is 1.75. The van der Waals surface area contributed by atoms with Crippen LogP contribution < -0.4 is 4.74 Å². The first-order chi connectivity index (χ1) is 25.3. The van der Waals surface area contributed by atoms with Gasteiger partial charge in [0.25, 0.3) is 0 Å². The molecular formula is C46H27N3OS. The molecule has 1 aliphatic carbocycles. The molecule has 4 heterocycles. The number of hydrogen-bond donors (Lipinski definition) is 0. The molecule has 0 fully saturated rings. The Morgan fingerprint density at radius 1 is 0.510 bits per heavy atom. The minimum atomic E-state index is -0.552. The number of ether oxygens (including phenoxy) is 1. The third-order valence-corrected chi connectivity index (χ3v) is 11.6. The summed E-state index contributed by atoms with van der Waals surface area (Å²) in [5.41, 5.74) is 12.8. The first kappa shape index (κ1) is 28.4. The number of rotatable bonds is 3. The fourth-order valence-electron chi connectivity index (χ4n) is 8.28. The number of para-hydroxylation sites is 1. The summed E-state index contributed by atoms with van der Waals surface area (Å²) in [6.07, 6.45) is 3.62. The lowest BCUT2D eigenvalue weighted by Crippen LogP contribution is -2.32. The summed E-state index contributed by atoms with van der Waals surface area (Å²) < 4.78 is 9.04. The predicted molar refractivity (Wildman–Crippen MR) is 206 cm³/mol. The Morgan fingerprint density at radius 2 is 1.24 bits per heavy atom. The standard InChI is InChI=1S/C46H27N3OS/c1-2-11-28(12-3-1)29-20-23-38-40(26-29)50-39-18-8-7-17-37(39)46(38)35-16-6-4-14-32(35)34-25-30(21-22-36(34)46)42-44-43(33-15-5-9-19-41(33)51-44)49-45(48-42)31-13-10-24-47-27-31/h1-27H. The van der Waals surface area contributed by atoms with Crippen LogP contribution in [0.4, 0.5) is 0 Å². The number of hydrogen-bond acceptors (Lipinski definition) is 5. The molecule has 1 aliphatic heterocycles. The fraction of sp³-hybridized carbons (Fsp3) is 0.0217. The lowest BCUT2D eigenvalue weighted by atomic mass is 9.66. The molecule has 6 aromatic carbocycles. The normalized spacial score (nSPS) is 15.3. The maximum absolute atomic E-state index is 6.76. The van der Waals surface area contributed by atoms with Gasteiger partial charge in [0.2, 0.25) is 0 Å². The number of fused-ring (bicyclic) bond motifs is 12. The van der Waals surface area contributed by atoms with E-state index in [9.17, 15) is 0 Å². The summed E-state index contributed by atoms with van der Waals surface area (Å²) in [7, 11) is 0. The molecule has 11 rings (SSSR count). The van der Waals surface area contributed by atoms with Crippen molar-refractivity contribution in [1.82, 2.24) is 15.0 Å². The fourth-order valence-corrected chi connectivity index (χ4v) is 9.43. The molecule has 51 heavy (non-hydrogen) atoms.